The average molecular weight is 278 g/mol. The molecule has 1 unspecified atom stereocenters. The van der Waals surface area contributed by atoms with Gasteiger partial charge in [0.2, 0.25) is 0 Å². The molecular weight excluding hydrogens is 260 g/mol. The van der Waals surface area contributed by atoms with E-state index in [4.69, 9.17) is 9.84 Å². The molecule has 0 aliphatic carbocycles. The lowest BCUT2D eigenvalue weighted by Gasteiger charge is -2.35. The number of pyridine rings is 1. The molecule has 1 amide bonds. The molecule has 108 valence electrons. The van der Waals surface area contributed by atoms with Gasteiger partial charge >= 0.3 is 5.97 Å². The highest BCUT2D eigenvalue weighted by molar-refractivity contribution is 5.95. The predicted octanol–water partition coefficient (Wildman–Crippen LogP) is 1.47. The number of aromatic carboxylic acids is 1. The summed E-state index contributed by atoms with van der Waals surface area (Å²) in [6.07, 6.45) is 2.79. The maximum absolute atomic E-state index is 12.1. The van der Waals surface area contributed by atoms with E-state index in [-0.39, 0.29) is 28.8 Å². The molecule has 0 saturated carbocycles. The van der Waals surface area contributed by atoms with Crippen molar-refractivity contribution in [3.05, 3.63) is 29.6 Å². The summed E-state index contributed by atoms with van der Waals surface area (Å²) >= 11 is 0. The SMILES string of the molecule is CC1(C)CC(NC(=O)c2cc(C(=O)O)ccn2)CCO1. The van der Waals surface area contributed by atoms with E-state index in [9.17, 15) is 9.59 Å². The van der Waals surface area contributed by atoms with Crippen molar-refractivity contribution in [3.63, 3.8) is 0 Å². The second-order valence-corrected chi connectivity index (χ2v) is 5.51. The van der Waals surface area contributed by atoms with Crippen LogP contribution in [0.15, 0.2) is 18.3 Å². The third-order valence-corrected chi connectivity index (χ3v) is 3.27. The minimum Gasteiger partial charge on any atom is -0.478 e. The van der Waals surface area contributed by atoms with Crippen LogP contribution in [0.4, 0.5) is 0 Å². The molecule has 0 spiro atoms. The number of carbonyl (C=O) groups is 2. The fraction of sp³-hybridized carbons (Fsp3) is 0.500. The van der Waals surface area contributed by atoms with Crippen LogP contribution in [0.1, 0.15) is 47.5 Å². The van der Waals surface area contributed by atoms with Gasteiger partial charge in [0.1, 0.15) is 5.69 Å². The normalized spacial score (nSPS) is 21.2. The van der Waals surface area contributed by atoms with Crippen LogP contribution >= 0.6 is 0 Å². The van der Waals surface area contributed by atoms with Crippen LogP contribution in [0.25, 0.3) is 0 Å². The molecule has 1 fully saturated rings. The van der Waals surface area contributed by atoms with Gasteiger partial charge in [-0.25, -0.2) is 4.79 Å². The van der Waals surface area contributed by atoms with Crippen molar-refractivity contribution in [3.8, 4) is 0 Å². The molecule has 1 atom stereocenters. The van der Waals surface area contributed by atoms with Crippen molar-refractivity contribution in [2.75, 3.05) is 6.61 Å². The summed E-state index contributed by atoms with van der Waals surface area (Å²) in [5.74, 6) is -1.43. The number of hydrogen-bond acceptors (Lipinski definition) is 4. The van der Waals surface area contributed by atoms with E-state index in [2.05, 4.69) is 10.3 Å². The molecule has 1 aliphatic heterocycles. The van der Waals surface area contributed by atoms with Gasteiger partial charge in [0.25, 0.3) is 5.91 Å². The molecule has 0 aromatic carbocycles. The monoisotopic (exact) mass is 278 g/mol. The molecule has 2 N–H and O–H groups in total. The molecule has 1 aromatic rings. The molecular formula is C14H18N2O4. The summed E-state index contributed by atoms with van der Waals surface area (Å²) in [4.78, 5) is 26.9. The van der Waals surface area contributed by atoms with E-state index in [0.717, 1.165) is 12.8 Å². The Balaban J connectivity index is 2.05. The van der Waals surface area contributed by atoms with E-state index >= 15 is 0 Å². The first kappa shape index (κ1) is 14.5. The topological polar surface area (TPSA) is 88.5 Å². The number of aromatic nitrogens is 1. The lowest BCUT2D eigenvalue weighted by molar-refractivity contribution is -0.0615. The number of carboxylic acids is 1. The van der Waals surface area contributed by atoms with Crippen molar-refractivity contribution in [1.29, 1.82) is 0 Å². The zero-order chi connectivity index (χ0) is 14.8. The summed E-state index contributed by atoms with van der Waals surface area (Å²) in [6, 6.07) is 2.65. The van der Waals surface area contributed by atoms with Crippen LogP contribution in [-0.4, -0.2) is 40.2 Å². The molecule has 0 bridgehead atoms. The molecule has 20 heavy (non-hydrogen) atoms. The van der Waals surface area contributed by atoms with Gasteiger partial charge < -0.3 is 15.2 Å². The van der Waals surface area contributed by atoms with Crippen molar-refractivity contribution in [2.45, 2.75) is 38.3 Å². The van der Waals surface area contributed by atoms with Crippen LogP contribution in [0.2, 0.25) is 0 Å². The fourth-order valence-corrected chi connectivity index (χ4v) is 2.30. The average Bonchev–Trinajstić information content (AvgIpc) is 2.37. The standard InChI is InChI=1S/C14H18N2O4/c1-14(2)8-10(4-6-20-14)16-12(17)11-7-9(13(18)19)3-5-15-11/h3,5,7,10H,4,6,8H2,1-2H3,(H,16,17)(H,18,19). The first-order valence-corrected chi connectivity index (χ1v) is 6.51. The van der Waals surface area contributed by atoms with Gasteiger partial charge in [-0.1, -0.05) is 0 Å². The first-order valence-electron chi connectivity index (χ1n) is 6.51. The molecule has 2 heterocycles. The van der Waals surface area contributed by atoms with E-state index in [0.29, 0.717) is 6.61 Å². The summed E-state index contributed by atoms with van der Waals surface area (Å²) < 4.78 is 5.59. The van der Waals surface area contributed by atoms with E-state index in [1.807, 2.05) is 13.8 Å². The van der Waals surface area contributed by atoms with Gasteiger partial charge in [0.05, 0.1) is 11.2 Å². The molecule has 2 rings (SSSR count). The summed E-state index contributed by atoms with van der Waals surface area (Å²) in [5.41, 5.74) is -0.0846. The largest absolute Gasteiger partial charge is 0.478 e. The van der Waals surface area contributed by atoms with Crippen LogP contribution in [0, 0.1) is 0 Å². The van der Waals surface area contributed by atoms with Gasteiger partial charge in [-0.05, 0) is 38.8 Å². The van der Waals surface area contributed by atoms with Crippen LogP contribution in [0.5, 0.6) is 0 Å². The Hall–Kier alpha value is -1.95. The number of nitrogens with zero attached hydrogens (tertiary/aromatic N) is 1. The zero-order valence-electron chi connectivity index (χ0n) is 11.5. The summed E-state index contributed by atoms with van der Waals surface area (Å²) in [5, 5.41) is 11.8. The maximum Gasteiger partial charge on any atom is 0.335 e. The minimum atomic E-state index is -1.08. The third kappa shape index (κ3) is 3.54. The fourth-order valence-electron chi connectivity index (χ4n) is 2.30. The van der Waals surface area contributed by atoms with E-state index in [1.54, 1.807) is 0 Å². The molecule has 6 nitrogen and oxygen atoms in total. The van der Waals surface area contributed by atoms with Crippen LogP contribution in [-0.2, 0) is 4.74 Å². The van der Waals surface area contributed by atoms with Gasteiger partial charge in [-0.3, -0.25) is 9.78 Å². The zero-order valence-corrected chi connectivity index (χ0v) is 11.5. The molecule has 0 radical (unpaired) electrons. The second-order valence-electron chi connectivity index (χ2n) is 5.51. The van der Waals surface area contributed by atoms with Crippen molar-refractivity contribution < 1.29 is 19.4 Å². The smallest absolute Gasteiger partial charge is 0.335 e. The van der Waals surface area contributed by atoms with Crippen molar-refractivity contribution in [1.82, 2.24) is 10.3 Å². The number of amides is 1. The number of carbonyl (C=O) groups excluding carboxylic acids is 1. The second kappa shape index (κ2) is 5.58. The molecule has 1 aromatic heterocycles. The lowest BCUT2D eigenvalue weighted by atomic mass is 9.94. The molecule has 1 aliphatic rings. The molecule has 6 heteroatoms. The van der Waals surface area contributed by atoms with Crippen molar-refractivity contribution >= 4 is 11.9 Å². The maximum atomic E-state index is 12.1. The Morgan fingerprint density at radius 1 is 1.50 bits per heavy atom. The highest BCUT2D eigenvalue weighted by Gasteiger charge is 2.30. The number of nitrogens with one attached hydrogen (secondary N) is 1. The molecule has 1 saturated heterocycles. The Labute approximate surface area is 117 Å². The number of hydrogen-bond donors (Lipinski definition) is 2. The Kier molecular flexibility index (Phi) is 4.04. The van der Waals surface area contributed by atoms with Crippen LogP contribution in [0.3, 0.4) is 0 Å². The number of rotatable bonds is 3. The predicted molar refractivity (Wildman–Crippen MR) is 71.7 cm³/mol. The van der Waals surface area contributed by atoms with Crippen LogP contribution < -0.4 is 5.32 Å². The third-order valence-electron chi connectivity index (χ3n) is 3.27. The van der Waals surface area contributed by atoms with Gasteiger partial charge in [0, 0.05) is 18.8 Å². The van der Waals surface area contributed by atoms with E-state index in [1.165, 1.54) is 18.3 Å². The van der Waals surface area contributed by atoms with Gasteiger partial charge in [-0.15, -0.1) is 0 Å². The Morgan fingerprint density at radius 3 is 2.90 bits per heavy atom. The number of ether oxygens (including phenoxy) is 1. The lowest BCUT2D eigenvalue weighted by Crippen LogP contribution is -2.46. The Bertz CT molecular complexity index is 528. The summed E-state index contributed by atoms with van der Waals surface area (Å²) in [7, 11) is 0. The minimum absolute atomic E-state index is 0.0153. The highest BCUT2D eigenvalue weighted by atomic mass is 16.5. The summed E-state index contributed by atoms with van der Waals surface area (Å²) in [6.45, 7) is 4.56. The van der Waals surface area contributed by atoms with Crippen molar-refractivity contribution in [2.24, 2.45) is 0 Å². The Morgan fingerprint density at radius 2 is 2.25 bits per heavy atom. The highest BCUT2D eigenvalue weighted by Crippen LogP contribution is 2.24. The van der Waals surface area contributed by atoms with Gasteiger partial charge in [-0.2, -0.15) is 0 Å². The number of carboxylic acid groups (broad SMARTS) is 1. The first-order chi connectivity index (χ1) is 9.37. The van der Waals surface area contributed by atoms with E-state index < -0.39 is 5.97 Å². The quantitative estimate of drug-likeness (QED) is 0.874. The van der Waals surface area contributed by atoms with Gasteiger partial charge in [0.15, 0.2) is 0 Å².